The molecule has 0 N–H and O–H groups in total. The van der Waals surface area contributed by atoms with Crippen molar-refractivity contribution in [1.29, 1.82) is 0 Å². The topological polar surface area (TPSA) is 39.2 Å². The Morgan fingerprint density at radius 3 is 3.00 bits per heavy atom. The summed E-state index contributed by atoms with van der Waals surface area (Å²) in [5.74, 6) is -0.295. The van der Waals surface area contributed by atoms with Crippen LogP contribution in [0.25, 0.3) is 0 Å². The normalized spacial score (nSPS) is 10.7. The van der Waals surface area contributed by atoms with Gasteiger partial charge in [0.05, 0.1) is 11.2 Å². The Hall–Kier alpha value is -1.16. The number of esters is 1. The molecule has 4 heteroatoms. The van der Waals surface area contributed by atoms with Crippen molar-refractivity contribution in [3.8, 4) is 0 Å². The minimum absolute atomic E-state index is 0.295. The van der Waals surface area contributed by atoms with Gasteiger partial charge in [0.1, 0.15) is 11.5 Å². The first-order valence-corrected chi connectivity index (χ1v) is 5.30. The van der Waals surface area contributed by atoms with Crippen molar-refractivity contribution in [2.45, 2.75) is 20.3 Å². The molecule has 0 unspecified atom stereocenters. The molecule has 1 heterocycles. The Bertz CT molecular complexity index is 331. The second-order valence-corrected chi connectivity index (χ2v) is 3.96. The molecule has 0 bridgehead atoms. The van der Waals surface area contributed by atoms with E-state index in [1.807, 2.05) is 26.0 Å². The highest BCUT2D eigenvalue weighted by Crippen LogP contribution is 2.12. The van der Waals surface area contributed by atoms with Gasteiger partial charge in [-0.25, -0.2) is 9.78 Å². The fourth-order valence-corrected chi connectivity index (χ4v) is 1.56. The third-order valence-corrected chi connectivity index (χ3v) is 2.43. The van der Waals surface area contributed by atoms with E-state index in [-0.39, 0.29) is 5.97 Å². The fourth-order valence-electron chi connectivity index (χ4n) is 0.885. The monoisotopic (exact) mass is 211 g/mol. The first-order valence-electron chi connectivity index (χ1n) is 4.48. The van der Waals surface area contributed by atoms with Gasteiger partial charge in [-0.15, -0.1) is 11.3 Å². The van der Waals surface area contributed by atoms with E-state index in [4.69, 9.17) is 4.74 Å². The van der Waals surface area contributed by atoms with Crippen LogP contribution in [0.3, 0.4) is 0 Å². The Labute approximate surface area is 87.4 Å². The van der Waals surface area contributed by atoms with Crippen LogP contribution in [0.4, 0.5) is 0 Å². The third-order valence-electron chi connectivity index (χ3n) is 1.54. The first-order chi connectivity index (χ1) is 6.74. The number of aryl methyl sites for hydroxylation is 1. The quantitative estimate of drug-likeness (QED) is 0.567. The molecule has 0 fully saturated rings. The lowest BCUT2D eigenvalue weighted by atomic mass is 10.4. The van der Waals surface area contributed by atoms with Gasteiger partial charge in [0.2, 0.25) is 0 Å². The highest BCUT2D eigenvalue weighted by molar-refractivity contribution is 7.13. The lowest BCUT2D eigenvalue weighted by Gasteiger charge is -1.97. The predicted octanol–water partition coefficient (Wildman–Crippen LogP) is 2.57. The number of carbonyl (C=O) groups excluding carboxylic acids is 1. The standard InChI is InChI=1S/C10H13NO2S/c1-3-4-5-6-13-10(12)9-7-11-8(2)14-9/h4-5,7H,3,6H2,1-2H3/b5-4-. The predicted molar refractivity (Wildman–Crippen MR) is 56.6 cm³/mol. The van der Waals surface area contributed by atoms with Crippen LogP contribution in [0.15, 0.2) is 18.3 Å². The molecular weight excluding hydrogens is 198 g/mol. The minimum atomic E-state index is -0.295. The van der Waals surface area contributed by atoms with Gasteiger partial charge < -0.3 is 4.74 Å². The van der Waals surface area contributed by atoms with E-state index in [1.165, 1.54) is 11.3 Å². The average Bonchev–Trinajstić information content (AvgIpc) is 2.59. The molecule has 0 aromatic carbocycles. The molecule has 0 atom stereocenters. The molecule has 0 saturated carbocycles. The molecule has 0 aliphatic heterocycles. The van der Waals surface area contributed by atoms with E-state index in [1.54, 1.807) is 6.20 Å². The lowest BCUT2D eigenvalue weighted by Crippen LogP contribution is -2.02. The maximum absolute atomic E-state index is 11.3. The fraction of sp³-hybridized carbons (Fsp3) is 0.400. The number of hydrogen-bond acceptors (Lipinski definition) is 4. The van der Waals surface area contributed by atoms with Crippen LogP contribution < -0.4 is 0 Å². The van der Waals surface area contributed by atoms with Crippen LogP contribution in [0.2, 0.25) is 0 Å². The van der Waals surface area contributed by atoms with E-state index in [0.717, 1.165) is 11.4 Å². The zero-order chi connectivity index (χ0) is 10.4. The van der Waals surface area contributed by atoms with Crippen LogP contribution >= 0.6 is 11.3 Å². The average molecular weight is 211 g/mol. The van der Waals surface area contributed by atoms with Crippen molar-refractivity contribution in [3.05, 3.63) is 28.2 Å². The molecule has 1 aromatic rings. The van der Waals surface area contributed by atoms with Gasteiger partial charge in [0.15, 0.2) is 0 Å². The lowest BCUT2D eigenvalue weighted by molar-refractivity contribution is 0.0555. The Morgan fingerprint density at radius 2 is 2.43 bits per heavy atom. The Balaban J connectivity index is 2.39. The molecule has 76 valence electrons. The second-order valence-electron chi connectivity index (χ2n) is 2.72. The minimum Gasteiger partial charge on any atom is -0.457 e. The summed E-state index contributed by atoms with van der Waals surface area (Å²) in [6.07, 6.45) is 6.31. The van der Waals surface area contributed by atoms with E-state index in [0.29, 0.717) is 11.5 Å². The number of allylic oxidation sites excluding steroid dienone is 1. The van der Waals surface area contributed by atoms with E-state index < -0.39 is 0 Å². The van der Waals surface area contributed by atoms with Crippen LogP contribution in [0.1, 0.15) is 28.0 Å². The molecule has 1 aromatic heterocycles. The molecule has 0 saturated heterocycles. The molecule has 0 spiro atoms. The maximum Gasteiger partial charge on any atom is 0.350 e. The van der Waals surface area contributed by atoms with Crippen molar-refractivity contribution in [2.24, 2.45) is 0 Å². The summed E-state index contributed by atoms with van der Waals surface area (Å²) in [5, 5.41) is 0.876. The van der Waals surface area contributed by atoms with Gasteiger partial charge in [-0.2, -0.15) is 0 Å². The zero-order valence-corrected chi connectivity index (χ0v) is 9.13. The SMILES string of the molecule is CC/C=C\COC(=O)c1cnc(C)s1. The van der Waals surface area contributed by atoms with Gasteiger partial charge in [-0.1, -0.05) is 19.1 Å². The highest BCUT2D eigenvalue weighted by Gasteiger charge is 2.08. The number of thiazole rings is 1. The summed E-state index contributed by atoms with van der Waals surface area (Å²) in [7, 11) is 0. The summed E-state index contributed by atoms with van der Waals surface area (Å²) in [6.45, 7) is 4.23. The van der Waals surface area contributed by atoms with Crippen LogP contribution in [-0.4, -0.2) is 17.6 Å². The van der Waals surface area contributed by atoms with E-state index in [2.05, 4.69) is 4.98 Å². The summed E-state index contributed by atoms with van der Waals surface area (Å²) >= 11 is 1.35. The van der Waals surface area contributed by atoms with Crippen LogP contribution in [0, 0.1) is 6.92 Å². The maximum atomic E-state index is 11.3. The largest absolute Gasteiger partial charge is 0.457 e. The van der Waals surface area contributed by atoms with Crippen LogP contribution in [-0.2, 0) is 4.74 Å². The van der Waals surface area contributed by atoms with Crippen LogP contribution in [0.5, 0.6) is 0 Å². The molecule has 0 aliphatic carbocycles. The Kier molecular flexibility index (Phi) is 4.32. The van der Waals surface area contributed by atoms with Crippen molar-refractivity contribution in [1.82, 2.24) is 4.98 Å². The van der Waals surface area contributed by atoms with Gasteiger partial charge in [-0.3, -0.25) is 0 Å². The second kappa shape index (κ2) is 5.54. The third kappa shape index (κ3) is 3.30. The summed E-state index contributed by atoms with van der Waals surface area (Å²) < 4.78 is 4.99. The molecule has 3 nitrogen and oxygen atoms in total. The van der Waals surface area contributed by atoms with Gasteiger partial charge in [-0.05, 0) is 13.3 Å². The zero-order valence-electron chi connectivity index (χ0n) is 8.32. The van der Waals surface area contributed by atoms with Gasteiger partial charge in [0, 0.05) is 0 Å². The van der Waals surface area contributed by atoms with E-state index >= 15 is 0 Å². The number of aromatic nitrogens is 1. The molecular formula is C10H13NO2S. The molecule has 0 radical (unpaired) electrons. The van der Waals surface area contributed by atoms with Gasteiger partial charge >= 0.3 is 5.97 Å². The highest BCUT2D eigenvalue weighted by atomic mass is 32.1. The molecule has 0 aliphatic rings. The number of ether oxygens (including phenoxy) is 1. The number of hydrogen-bond donors (Lipinski definition) is 0. The van der Waals surface area contributed by atoms with Crippen molar-refractivity contribution < 1.29 is 9.53 Å². The smallest absolute Gasteiger partial charge is 0.350 e. The van der Waals surface area contributed by atoms with Crippen molar-refractivity contribution >= 4 is 17.3 Å². The molecule has 1 rings (SSSR count). The molecule has 0 amide bonds. The summed E-state index contributed by atoms with van der Waals surface area (Å²) in [5.41, 5.74) is 0. The number of rotatable bonds is 4. The summed E-state index contributed by atoms with van der Waals surface area (Å²) in [6, 6.07) is 0. The number of nitrogens with zero attached hydrogens (tertiary/aromatic N) is 1. The summed E-state index contributed by atoms with van der Waals surface area (Å²) in [4.78, 5) is 15.9. The number of carbonyl (C=O) groups is 1. The Morgan fingerprint density at radius 1 is 1.64 bits per heavy atom. The van der Waals surface area contributed by atoms with Crippen molar-refractivity contribution in [3.63, 3.8) is 0 Å². The molecule has 14 heavy (non-hydrogen) atoms. The van der Waals surface area contributed by atoms with Crippen molar-refractivity contribution in [2.75, 3.05) is 6.61 Å². The first kappa shape index (κ1) is 10.9. The van der Waals surface area contributed by atoms with Gasteiger partial charge in [0.25, 0.3) is 0 Å². The van der Waals surface area contributed by atoms with E-state index in [9.17, 15) is 4.79 Å².